The van der Waals surface area contributed by atoms with Crippen molar-refractivity contribution in [2.24, 2.45) is 0 Å². The molecule has 3 heterocycles. The summed E-state index contributed by atoms with van der Waals surface area (Å²) in [4.78, 5) is 29.3. The number of amides is 2. The van der Waals surface area contributed by atoms with E-state index in [0.29, 0.717) is 45.0 Å². The zero-order valence-corrected chi connectivity index (χ0v) is 13.8. The Balaban J connectivity index is 1.80. The van der Waals surface area contributed by atoms with Gasteiger partial charge in [-0.15, -0.1) is 0 Å². The highest BCUT2D eigenvalue weighted by molar-refractivity contribution is 5.98. The molecule has 2 saturated heterocycles. The van der Waals surface area contributed by atoms with Crippen molar-refractivity contribution in [1.29, 1.82) is 0 Å². The largest absolute Gasteiger partial charge is 0.378 e. The molecule has 0 unspecified atom stereocenters. The van der Waals surface area contributed by atoms with Crippen LogP contribution >= 0.6 is 0 Å². The maximum absolute atomic E-state index is 13.0. The lowest BCUT2D eigenvalue weighted by Crippen LogP contribution is -2.58. The zero-order chi connectivity index (χ0) is 16.4. The van der Waals surface area contributed by atoms with Crippen LogP contribution in [0.2, 0.25) is 0 Å². The van der Waals surface area contributed by atoms with Gasteiger partial charge >= 0.3 is 0 Å². The number of carbonyl (C=O) groups is 2. The number of likely N-dealkylation sites (tertiary alicyclic amines) is 1. The van der Waals surface area contributed by atoms with E-state index in [1.807, 2.05) is 18.7 Å². The number of aromatic nitrogens is 2. The van der Waals surface area contributed by atoms with E-state index in [1.54, 1.807) is 21.8 Å². The predicted molar refractivity (Wildman–Crippen MR) is 84.0 cm³/mol. The van der Waals surface area contributed by atoms with Gasteiger partial charge in [0.15, 0.2) is 0 Å². The van der Waals surface area contributed by atoms with Crippen molar-refractivity contribution in [1.82, 2.24) is 19.6 Å². The number of aryl methyl sites for hydroxylation is 1. The van der Waals surface area contributed by atoms with Gasteiger partial charge in [0.05, 0.1) is 13.2 Å². The number of rotatable bonds is 3. The molecule has 1 aromatic rings. The topological polar surface area (TPSA) is 67.7 Å². The fraction of sp³-hybridized carbons (Fsp3) is 0.688. The first-order chi connectivity index (χ1) is 11.1. The quantitative estimate of drug-likeness (QED) is 0.824. The van der Waals surface area contributed by atoms with Crippen molar-refractivity contribution >= 4 is 11.8 Å². The van der Waals surface area contributed by atoms with E-state index in [2.05, 4.69) is 5.10 Å². The molecule has 7 heteroatoms. The van der Waals surface area contributed by atoms with Gasteiger partial charge < -0.3 is 14.5 Å². The lowest BCUT2D eigenvalue weighted by Gasteiger charge is -2.39. The van der Waals surface area contributed by atoms with Gasteiger partial charge in [-0.3, -0.25) is 14.3 Å². The van der Waals surface area contributed by atoms with E-state index in [-0.39, 0.29) is 11.8 Å². The summed E-state index contributed by atoms with van der Waals surface area (Å²) in [5.41, 5.74) is -0.362. The molecule has 7 nitrogen and oxygen atoms in total. The molecule has 3 rings (SSSR count). The van der Waals surface area contributed by atoms with Crippen LogP contribution in [0.5, 0.6) is 0 Å². The number of nitrogens with zero attached hydrogens (tertiary/aromatic N) is 4. The Morgan fingerprint density at radius 2 is 2.04 bits per heavy atom. The van der Waals surface area contributed by atoms with Gasteiger partial charge in [-0.25, -0.2) is 0 Å². The smallest absolute Gasteiger partial charge is 0.275 e. The maximum Gasteiger partial charge on any atom is 0.275 e. The molecule has 0 N–H and O–H groups in total. The highest BCUT2D eigenvalue weighted by Gasteiger charge is 2.48. The highest BCUT2D eigenvalue weighted by Crippen LogP contribution is 2.32. The minimum Gasteiger partial charge on any atom is -0.378 e. The van der Waals surface area contributed by atoms with Crippen molar-refractivity contribution in [3.63, 3.8) is 0 Å². The second-order valence-electron chi connectivity index (χ2n) is 6.30. The Labute approximate surface area is 136 Å². The molecular weight excluding hydrogens is 296 g/mol. The molecule has 1 aromatic heterocycles. The van der Waals surface area contributed by atoms with Crippen LogP contribution in [0.4, 0.5) is 0 Å². The molecule has 0 bridgehead atoms. The van der Waals surface area contributed by atoms with Crippen molar-refractivity contribution in [2.75, 3.05) is 32.8 Å². The second-order valence-corrected chi connectivity index (χ2v) is 6.30. The lowest BCUT2D eigenvalue weighted by atomic mass is 9.96. The Morgan fingerprint density at radius 3 is 2.70 bits per heavy atom. The number of hydrogen-bond donors (Lipinski definition) is 0. The second kappa shape index (κ2) is 6.31. The van der Waals surface area contributed by atoms with Crippen LogP contribution in [0, 0.1) is 0 Å². The fourth-order valence-corrected chi connectivity index (χ4v) is 3.41. The number of morpholine rings is 1. The summed E-state index contributed by atoms with van der Waals surface area (Å²) in [5.74, 6) is -0.125. The molecule has 0 spiro atoms. The molecule has 2 aliphatic heterocycles. The van der Waals surface area contributed by atoms with Gasteiger partial charge in [-0.05, 0) is 32.8 Å². The monoisotopic (exact) mass is 320 g/mol. The molecule has 0 aromatic carbocycles. The summed E-state index contributed by atoms with van der Waals surface area (Å²) in [6.07, 6.45) is 3.33. The molecule has 2 amide bonds. The minimum absolute atomic E-state index is 0.0292. The van der Waals surface area contributed by atoms with Gasteiger partial charge in [0.2, 0.25) is 5.91 Å². The predicted octanol–water partition coefficient (Wildman–Crippen LogP) is 0.757. The lowest BCUT2D eigenvalue weighted by molar-refractivity contribution is -0.144. The molecule has 2 fully saturated rings. The van der Waals surface area contributed by atoms with Crippen LogP contribution in [0.1, 0.15) is 37.2 Å². The third-order valence-corrected chi connectivity index (χ3v) is 4.83. The third kappa shape index (κ3) is 2.85. The van der Waals surface area contributed by atoms with Crippen molar-refractivity contribution in [3.05, 3.63) is 18.0 Å². The molecule has 0 saturated carbocycles. The van der Waals surface area contributed by atoms with Gasteiger partial charge in [-0.2, -0.15) is 5.10 Å². The third-order valence-electron chi connectivity index (χ3n) is 4.83. The molecule has 126 valence electrons. The van der Waals surface area contributed by atoms with Crippen LogP contribution in [0.15, 0.2) is 12.3 Å². The summed E-state index contributed by atoms with van der Waals surface area (Å²) in [6, 6.07) is 1.73. The Kier molecular flexibility index (Phi) is 4.39. The van der Waals surface area contributed by atoms with Crippen molar-refractivity contribution in [3.8, 4) is 0 Å². The first-order valence-electron chi connectivity index (χ1n) is 8.29. The van der Waals surface area contributed by atoms with Gasteiger partial charge in [0.25, 0.3) is 5.91 Å². The standard InChI is InChI=1S/C16H24N4O3/c1-3-19-8-5-13(17-19)14(21)20-7-4-6-16(20,2)15(22)18-9-11-23-12-10-18/h5,8H,3-4,6-7,9-12H2,1-2H3/t16-/m1/s1. The zero-order valence-electron chi connectivity index (χ0n) is 13.8. The number of ether oxygens (including phenoxy) is 1. The Morgan fingerprint density at radius 1 is 1.30 bits per heavy atom. The fourth-order valence-electron chi connectivity index (χ4n) is 3.41. The van der Waals surface area contributed by atoms with Crippen LogP contribution in [-0.4, -0.2) is 69.8 Å². The van der Waals surface area contributed by atoms with Gasteiger partial charge in [0.1, 0.15) is 11.2 Å². The van der Waals surface area contributed by atoms with Gasteiger partial charge in [-0.1, -0.05) is 0 Å². The summed E-state index contributed by atoms with van der Waals surface area (Å²) >= 11 is 0. The van der Waals surface area contributed by atoms with Gasteiger partial charge in [0, 0.05) is 32.4 Å². The number of carbonyl (C=O) groups excluding carboxylic acids is 2. The minimum atomic E-state index is -0.773. The molecule has 0 radical (unpaired) electrons. The van der Waals surface area contributed by atoms with Crippen LogP contribution < -0.4 is 0 Å². The Bertz CT molecular complexity index is 594. The van der Waals surface area contributed by atoms with E-state index in [4.69, 9.17) is 4.74 Å². The van der Waals surface area contributed by atoms with Crippen molar-refractivity contribution in [2.45, 2.75) is 38.8 Å². The van der Waals surface area contributed by atoms with Crippen LogP contribution in [0.25, 0.3) is 0 Å². The van der Waals surface area contributed by atoms with E-state index in [1.165, 1.54) is 0 Å². The average molecular weight is 320 g/mol. The van der Waals surface area contributed by atoms with E-state index in [0.717, 1.165) is 13.0 Å². The van der Waals surface area contributed by atoms with E-state index >= 15 is 0 Å². The number of hydrogen-bond acceptors (Lipinski definition) is 4. The van der Waals surface area contributed by atoms with E-state index in [9.17, 15) is 9.59 Å². The molecular formula is C16H24N4O3. The van der Waals surface area contributed by atoms with Crippen LogP contribution in [-0.2, 0) is 16.1 Å². The SMILES string of the molecule is CCn1ccc(C(=O)N2CCC[C@]2(C)C(=O)N2CCOCC2)n1. The van der Waals surface area contributed by atoms with Crippen LogP contribution in [0.3, 0.4) is 0 Å². The first kappa shape index (κ1) is 16.0. The highest BCUT2D eigenvalue weighted by atomic mass is 16.5. The molecule has 1 atom stereocenters. The summed E-state index contributed by atoms with van der Waals surface area (Å²) in [5, 5.41) is 4.29. The molecule has 2 aliphatic rings. The Hall–Kier alpha value is -1.89. The first-order valence-corrected chi connectivity index (χ1v) is 8.29. The normalized spacial score (nSPS) is 25.0. The average Bonchev–Trinajstić information content (AvgIpc) is 3.21. The molecule has 0 aliphatic carbocycles. The van der Waals surface area contributed by atoms with E-state index < -0.39 is 5.54 Å². The summed E-state index contributed by atoms with van der Waals surface area (Å²) in [7, 11) is 0. The van der Waals surface area contributed by atoms with Crippen molar-refractivity contribution < 1.29 is 14.3 Å². The summed E-state index contributed by atoms with van der Waals surface area (Å²) < 4.78 is 7.04. The molecule has 23 heavy (non-hydrogen) atoms. The maximum atomic E-state index is 13.0. The summed E-state index contributed by atoms with van der Waals surface area (Å²) in [6.45, 7) is 7.51.